The molecule has 0 unspecified atom stereocenters. The van der Waals surface area contributed by atoms with Gasteiger partial charge in [-0.2, -0.15) is 0 Å². The van der Waals surface area contributed by atoms with Crippen molar-refractivity contribution in [1.82, 2.24) is 4.98 Å². The van der Waals surface area contributed by atoms with Gasteiger partial charge in [-0.3, -0.25) is 0 Å². The van der Waals surface area contributed by atoms with E-state index >= 15 is 0 Å². The molecule has 0 atom stereocenters. The molecule has 1 heterocycles. The minimum atomic E-state index is 0.671. The highest BCUT2D eigenvalue weighted by Gasteiger charge is 2.07. The van der Waals surface area contributed by atoms with Crippen molar-refractivity contribution in [2.24, 2.45) is 0 Å². The molecule has 4 heteroatoms. The SMILES string of the molecule is Cc1ccc(Sc2ncc(Br)cc2Cl)c(C)c1. The maximum Gasteiger partial charge on any atom is 0.119 e. The lowest BCUT2D eigenvalue weighted by Gasteiger charge is -2.07. The molecule has 0 bridgehead atoms. The standard InChI is InChI=1S/C13H11BrClNS/c1-8-3-4-12(9(2)5-8)17-13-11(15)6-10(14)7-16-13/h3-7H,1-2H3. The fourth-order valence-electron chi connectivity index (χ4n) is 1.50. The number of nitrogens with zero attached hydrogens (tertiary/aromatic N) is 1. The summed E-state index contributed by atoms with van der Waals surface area (Å²) in [6.07, 6.45) is 1.76. The van der Waals surface area contributed by atoms with Crippen LogP contribution in [0.1, 0.15) is 11.1 Å². The lowest BCUT2D eigenvalue weighted by atomic mass is 10.2. The van der Waals surface area contributed by atoms with E-state index in [1.165, 1.54) is 16.0 Å². The number of benzene rings is 1. The summed E-state index contributed by atoms with van der Waals surface area (Å²) in [5.41, 5.74) is 2.51. The molecule has 1 nitrogen and oxygen atoms in total. The highest BCUT2D eigenvalue weighted by molar-refractivity contribution is 9.10. The Morgan fingerprint density at radius 3 is 2.65 bits per heavy atom. The third-order valence-corrected chi connectivity index (χ3v) is 4.34. The van der Waals surface area contributed by atoms with E-state index in [4.69, 9.17) is 11.6 Å². The van der Waals surface area contributed by atoms with Crippen LogP contribution in [-0.4, -0.2) is 4.98 Å². The minimum absolute atomic E-state index is 0.671. The van der Waals surface area contributed by atoms with Crippen LogP contribution in [0.4, 0.5) is 0 Å². The van der Waals surface area contributed by atoms with Crippen molar-refractivity contribution < 1.29 is 0 Å². The van der Waals surface area contributed by atoms with E-state index in [9.17, 15) is 0 Å². The predicted octanol–water partition coefficient (Wildman–Crippen LogP) is 5.27. The van der Waals surface area contributed by atoms with Crippen LogP contribution in [0, 0.1) is 13.8 Å². The summed E-state index contributed by atoms with van der Waals surface area (Å²) in [5, 5.41) is 1.51. The molecule has 0 aliphatic heterocycles. The molecule has 0 aliphatic rings. The Kier molecular flexibility index (Phi) is 4.13. The van der Waals surface area contributed by atoms with Gasteiger partial charge in [-0.1, -0.05) is 41.1 Å². The van der Waals surface area contributed by atoms with Crippen LogP contribution in [0.5, 0.6) is 0 Å². The van der Waals surface area contributed by atoms with Gasteiger partial charge < -0.3 is 0 Å². The summed E-state index contributed by atoms with van der Waals surface area (Å²) in [5.74, 6) is 0. The minimum Gasteiger partial charge on any atom is -0.247 e. The molecule has 0 saturated carbocycles. The third-order valence-electron chi connectivity index (χ3n) is 2.31. The van der Waals surface area contributed by atoms with Gasteiger partial charge in [0.15, 0.2) is 0 Å². The molecule has 0 N–H and O–H groups in total. The van der Waals surface area contributed by atoms with Gasteiger partial charge in [0.05, 0.1) is 5.02 Å². The van der Waals surface area contributed by atoms with Crippen molar-refractivity contribution in [3.63, 3.8) is 0 Å². The molecule has 1 aromatic heterocycles. The number of hydrogen-bond donors (Lipinski definition) is 0. The lowest BCUT2D eigenvalue weighted by molar-refractivity contribution is 1.12. The highest BCUT2D eigenvalue weighted by atomic mass is 79.9. The van der Waals surface area contributed by atoms with Gasteiger partial charge in [0.1, 0.15) is 5.03 Å². The zero-order chi connectivity index (χ0) is 12.4. The average Bonchev–Trinajstić information content (AvgIpc) is 2.25. The quantitative estimate of drug-likeness (QED) is 0.745. The second-order valence-electron chi connectivity index (χ2n) is 3.81. The topological polar surface area (TPSA) is 12.9 Å². The summed E-state index contributed by atoms with van der Waals surface area (Å²) in [6.45, 7) is 4.19. The Balaban J connectivity index is 2.31. The van der Waals surface area contributed by atoms with Crippen LogP contribution < -0.4 is 0 Å². The number of halogens is 2. The maximum absolute atomic E-state index is 6.15. The van der Waals surface area contributed by atoms with E-state index in [1.54, 1.807) is 18.0 Å². The highest BCUT2D eigenvalue weighted by Crippen LogP contribution is 2.34. The smallest absolute Gasteiger partial charge is 0.119 e. The predicted molar refractivity (Wildman–Crippen MR) is 77.0 cm³/mol. The molecule has 0 spiro atoms. The van der Waals surface area contributed by atoms with Crippen LogP contribution in [-0.2, 0) is 0 Å². The summed E-state index contributed by atoms with van der Waals surface area (Å²) >= 11 is 11.1. The van der Waals surface area contributed by atoms with E-state index in [2.05, 4.69) is 53.0 Å². The Hall–Kier alpha value is -0.510. The molecule has 0 fully saturated rings. The third kappa shape index (κ3) is 3.24. The van der Waals surface area contributed by atoms with Crippen LogP contribution >= 0.6 is 39.3 Å². The fourth-order valence-corrected chi connectivity index (χ4v) is 3.07. The van der Waals surface area contributed by atoms with Crippen LogP contribution in [0.25, 0.3) is 0 Å². The first-order valence-electron chi connectivity index (χ1n) is 5.12. The summed E-state index contributed by atoms with van der Waals surface area (Å²) in [4.78, 5) is 5.51. The van der Waals surface area contributed by atoms with Gasteiger partial charge in [-0.15, -0.1) is 0 Å². The van der Waals surface area contributed by atoms with Crippen molar-refractivity contribution in [1.29, 1.82) is 0 Å². The molecule has 1 aromatic carbocycles. The number of aromatic nitrogens is 1. The van der Waals surface area contributed by atoms with E-state index in [0.29, 0.717) is 5.02 Å². The molecule has 0 saturated heterocycles. The van der Waals surface area contributed by atoms with Gasteiger partial charge >= 0.3 is 0 Å². The Morgan fingerprint density at radius 1 is 1.24 bits per heavy atom. The van der Waals surface area contributed by atoms with Crippen LogP contribution in [0.2, 0.25) is 5.02 Å². The first-order chi connectivity index (χ1) is 8.06. The molecule has 17 heavy (non-hydrogen) atoms. The Labute approximate surface area is 119 Å². The van der Waals surface area contributed by atoms with E-state index in [0.717, 1.165) is 9.50 Å². The number of rotatable bonds is 2. The molecule has 0 amide bonds. The van der Waals surface area contributed by atoms with Crippen molar-refractivity contribution in [2.75, 3.05) is 0 Å². The second-order valence-corrected chi connectivity index (χ2v) is 6.17. The van der Waals surface area contributed by atoms with Crippen LogP contribution in [0.15, 0.2) is 44.9 Å². The normalized spacial score (nSPS) is 10.6. The summed E-state index contributed by atoms with van der Waals surface area (Å²) < 4.78 is 0.896. The lowest BCUT2D eigenvalue weighted by Crippen LogP contribution is -1.85. The molecule has 2 rings (SSSR count). The number of hydrogen-bond acceptors (Lipinski definition) is 2. The Bertz CT molecular complexity index is 508. The Morgan fingerprint density at radius 2 is 2.00 bits per heavy atom. The zero-order valence-electron chi connectivity index (χ0n) is 9.50. The second kappa shape index (κ2) is 5.42. The zero-order valence-corrected chi connectivity index (χ0v) is 12.7. The van der Waals surface area contributed by atoms with Crippen molar-refractivity contribution in [3.8, 4) is 0 Å². The van der Waals surface area contributed by atoms with Crippen molar-refractivity contribution >= 4 is 39.3 Å². The largest absolute Gasteiger partial charge is 0.247 e. The van der Waals surface area contributed by atoms with Crippen molar-refractivity contribution in [2.45, 2.75) is 23.8 Å². The van der Waals surface area contributed by atoms with Gasteiger partial charge in [0.2, 0.25) is 0 Å². The molecule has 88 valence electrons. The number of pyridine rings is 1. The van der Waals surface area contributed by atoms with E-state index in [-0.39, 0.29) is 0 Å². The van der Waals surface area contributed by atoms with Gasteiger partial charge in [-0.05, 0) is 47.5 Å². The monoisotopic (exact) mass is 327 g/mol. The van der Waals surface area contributed by atoms with Crippen molar-refractivity contribution in [3.05, 3.63) is 51.1 Å². The van der Waals surface area contributed by atoms with Gasteiger partial charge in [0, 0.05) is 15.6 Å². The van der Waals surface area contributed by atoms with Gasteiger partial charge in [-0.25, -0.2) is 4.98 Å². The van der Waals surface area contributed by atoms with E-state index in [1.807, 2.05) is 6.07 Å². The fraction of sp³-hybridized carbons (Fsp3) is 0.154. The van der Waals surface area contributed by atoms with Crippen LogP contribution in [0.3, 0.4) is 0 Å². The molecule has 0 radical (unpaired) electrons. The first-order valence-corrected chi connectivity index (χ1v) is 7.11. The number of aryl methyl sites for hydroxylation is 2. The molecular formula is C13H11BrClNS. The summed E-state index contributed by atoms with van der Waals surface area (Å²) in [6, 6.07) is 8.23. The summed E-state index contributed by atoms with van der Waals surface area (Å²) in [7, 11) is 0. The molecule has 0 aliphatic carbocycles. The van der Waals surface area contributed by atoms with E-state index < -0.39 is 0 Å². The molecule has 2 aromatic rings. The average molecular weight is 329 g/mol. The van der Waals surface area contributed by atoms with Gasteiger partial charge in [0.25, 0.3) is 0 Å². The maximum atomic E-state index is 6.15. The first kappa shape index (κ1) is 12.9. The molecular weight excluding hydrogens is 318 g/mol.